The molecule has 0 aliphatic carbocycles. The van der Waals surface area contributed by atoms with E-state index >= 15 is 0 Å². The Balaban J connectivity index is 1.08. The lowest BCUT2D eigenvalue weighted by molar-refractivity contribution is 1.13. The van der Waals surface area contributed by atoms with Gasteiger partial charge in [0.1, 0.15) is 6.07 Å². The molecule has 11 rings (SSSR count). The topological polar surface area (TPSA) is 62.4 Å². The molecule has 3 aromatic heterocycles. The predicted octanol–water partition coefficient (Wildman–Crippen LogP) is 12.4. The zero-order valence-electron chi connectivity index (χ0n) is 29.5. The molecule has 5 heteroatoms. The van der Waals surface area contributed by atoms with Crippen molar-refractivity contribution in [1.82, 2.24) is 13.7 Å². The van der Waals surface area contributed by atoms with Crippen LogP contribution in [0.3, 0.4) is 0 Å². The largest absolute Gasteiger partial charge is 0.308 e. The molecule has 0 aliphatic rings. The summed E-state index contributed by atoms with van der Waals surface area (Å²) in [4.78, 5) is 0. The number of aromatic nitrogens is 3. The average molecular weight is 700 g/mol. The minimum Gasteiger partial charge on any atom is -0.308 e. The molecule has 55 heavy (non-hydrogen) atoms. The smallest absolute Gasteiger partial charge is 0.101 e. The van der Waals surface area contributed by atoms with Crippen LogP contribution in [0.1, 0.15) is 11.1 Å². The van der Waals surface area contributed by atoms with Crippen molar-refractivity contribution >= 4 is 65.4 Å². The van der Waals surface area contributed by atoms with Gasteiger partial charge in [0.2, 0.25) is 0 Å². The highest BCUT2D eigenvalue weighted by molar-refractivity contribution is 6.15. The third-order valence-electron chi connectivity index (χ3n) is 11.1. The molecule has 0 bridgehead atoms. The molecule has 5 nitrogen and oxygen atoms in total. The van der Waals surface area contributed by atoms with Crippen LogP contribution in [0.25, 0.3) is 93.6 Å². The molecule has 254 valence electrons. The zero-order valence-corrected chi connectivity index (χ0v) is 29.5. The van der Waals surface area contributed by atoms with E-state index in [0.29, 0.717) is 11.1 Å². The van der Waals surface area contributed by atoms with E-state index in [1.165, 1.54) is 32.6 Å². The van der Waals surface area contributed by atoms with Crippen LogP contribution >= 0.6 is 0 Å². The van der Waals surface area contributed by atoms with Crippen molar-refractivity contribution in [3.63, 3.8) is 0 Å². The number of benzene rings is 8. The van der Waals surface area contributed by atoms with Crippen molar-refractivity contribution in [3.8, 4) is 40.3 Å². The first-order valence-corrected chi connectivity index (χ1v) is 18.3. The third kappa shape index (κ3) is 4.39. The second-order valence-corrected chi connectivity index (χ2v) is 14.0. The molecule has 0 N–H and O–H groups in total. The van der Waals surface area contributed by atoms with Crippen molar-refractivity contribution in [2.24, 2.45) is 0 Å². The van der Waals surface area contributed by atoms with E-state index in [1.807, 2.05) is 36.4 Å². The molecule has 0 unspecified atom stereocenters. The van der Waals surface area contributed by atoms with Gasteiger partial charge in [-0.3, -0.25) is 0 Å². The maximum Gasteiger partial charge on any atom is 0.101 e. The Morgan fingerprint density at radius 1 is 0.345 bits per heavy atom. The van der Waals surface area contributed by atoms with Crippen molar-refractivity contribution in [1.29, 1.82) is 10.5 Å². The highest BCUT2D eigenvalue weighted by Crippen LogP contribution is 2.40. The number of hydrogen-bond donors (Lipinski definition) is 0. The lowest BCUT2D eigenvalue weighted by Crippen LogP contribution is -2.00. The van der Waals surface area contributed by atoms with Crippen LogP contribution in [0, 0.1) is 22.7 Å². The number of nitriles is 2. The van der Waals surface area contributed by atoms with Crippen LogP contribution in [0.15, 0.2) is 176 Å². The second kappa shape index (κ2) is 11.8. The van der Waals surface area contributed by atoms with Gasteiger partial charge in [0.05, 0.1) is 56.0 Å². The summed E-state index contributed by atoms with van der Waals surface area (Å²) in [6.07, 6.45) is 0. The Morgan fingerprint density at radius 3 is 1.38 bits per heavy atom. The van der Waals surface area contributed by atoms with Crippen molar-refractivity contribution < 1.29 is 0 Å². The highest BCUT2D eigenvalue weighted by atomic mass is 15.1. The number of hydrogen-bond acceptors (Lipinski definition) is 2. The minimum atomic E-state index is 0.566. The molecule has 3 heterocycles. The number of rotatable bonds is 4. The van der Waals surface area contributed by atoms with E-state index < -0.39 is 0 Å². The lowest BCUT2D eigenvalue weighted by atomic mass is 9.99. The molecular formula is C50H29N5. The molecule has 0 spiro atoms. The summed E-state index contributed by atoms with van der Waals surface area (Å²) in [5.74, 6) is 0. The number of fused-ring (bicyclic) bond motifs is 9. The quantitative estimate of drug-likeness (QED) is 0.184. The van der Waals surface area contributed by atoms with E-state index in [0.717, 1.165) is 61.0 Å². The SMILES string of the molecule is N#Cc1cc(-n2c3ccccc3c3cccc(C#N)c32)ccc1-c1ccc(-n2c3ccccc3c3cccc(-n4c5ccccc5c5ccccc54)c32)cc1. The van der Waals surface area contributed by atoms with Gasteiger partial charge in [0, 0.05) is 43.7 Å². The van der Waals surface area contributed by atoms with Crippen LogP contribution in [0.5, 0.6) is 0 Å². The summed E-state index contributed by atoms with van der Waals surface area (Å²) in [5, 5.41) is 27.5. The molecule has 0 radical (unpaired) electrons. The Morgan fingerprint density at radius 2 is 0.800 bits per heavy atom. The average Bonchev–Trinajstić information content (AvgIpc) is 3.90. The van der Waals surface area contributed by atoms with Crippen molar-refractivity contribution in [3.05, 3.63) is 187 Å². The van der Waals surface area contributed by atoms with Crippen molar-refractivity contribution in [2.75, 3.05) is 0 Å². The van der Waals surface area contributed by atoms with E-state index in [1.54, 1.807) is 0 Å². The van der Waals surface area contributed by atoms with Gasteiger partial charge in [0.15, 0.2) is 0 Å². The molecule has 0 aliphatic heterocycles. The first-order valence-electron chi connectivity index (χ1n) is 18.3. The Kier molecular flexibility index (Phi) is 6.61. The van der Waals surface area contributed by atoms with Gasteiger partial charge in [-0.05, 0) is 71.8 Å². The number of para-hydroxylation sites is 6. The molecule has 0 amide bonds. The Hall–Kier alpha value is -7.86. The van der Waals surface area contributed by atoms with Crippen molar-refractivity contribution in [2.45, 2.75) is 0 Å². The summed E-state index contributed by atoms with van der Waals surface area (Å²) in [7, 11) is 0. The normalized spacial score (nSPS) is 11.6. The van der Waals surface area contributed by atoms with E-state index in [2.05, 4.69) is 165 Å². The third-order valence-corrected chi connectivity index (χ3v) is 11.1. The van der Waals surface area contributed by atoms with E-state index in [-0.39, 0.29) is 0 Å². The second-order valence-electron chi connectivity index (χ2n) is 14.0. The van der Waals surface area contributed by atoms with Gasteiger partial charge in [0.25, 0.3) is 0 Å². The minimum absolute atomic E-state index is 0.566. The van der Waals surface area contributed by atoms with Crippen LogP contribution in [-0.4, -0.2) is 13.7 Å². The molecule has 0 fully saturated rings. The molecule has 0 saturated carbocycles. The summed E-state index contributed by atoms with van der Waals surface area (Å²) in [6, 6.07) is 65.9. The molecule has 0 saturated heterocycles. The first kappa shape index (κ1) is 30.7. The summed E-state index contributed by atoms with van der Waals surface area (Å²) in [5.41, 5.74) is 12.4. The van der Waals surface area contributed by atoms with Gasteiger partial charge in [-0.2, -0.15) is 10.5 Å². The molecule has 11 aromatic rings. The molecule has 8 aromatic carbocycles. The fraction of sp³-hybridized carbons (Fsp3) is 0. The first-order chi connectivity index (χ1) is 27.2. The summed E-state index contributed by atoms with van der Waals surface area (Å²) >= 11 is 0. The van der Waals surface area contributed by atoms with Crippen LogP contribution < -0.4 is 0 Å². The molecule has 0 atom stereocenters. The van der Waals surface area contributed by atoms with Gasteiger partial charge in [-0.1, -0.05) is 115 Å². The fourth-order valence-electron chi connectivity index (χ4n) is 8.81. The van der Waals surface area contributed by atoms with Gasteiger partial charge in [-0.15, -0.1) is 0 Å². The fourth-order valence-corrected chi connectivity index (χ4v) is 8.81. The van der Waals surface area contributed by atoms with Crippen LogP contribution in [0.2, 0.25) is 0 Å². The van der Waals surface area contributed by atoms with Gasteiger partial charge < -0.3 is 13.7 Å². The van der Waals surface area contributed by atoms with E-state index in [9.17, 15) is 10.5 Å². The monoisotopic (exact) mass is 699 g/mol. The molecular weight excluding hydrogens is 671 g/mol. The van der Waals surface area contributed by atoms with Crippen LogP contribution in [-0.2, 0) is 0 Å². The highest BCUT2D eigenvalue weighted by Gasteiger charge is 2.21. The lowest BCUT2D eigenvalue weighted by Gasteiger charge is -2.15. The zero-order chi connectivity index (χ0) is 36.6. The number of nitrogens with zero attached hydrogens (tertiary/aromatic N) is 5. The Bertz CT molecular complexity index is 3400. The summed E-state index contributed by atoms with van der Waals surface area (Å²) < 4.78 is 6.87. The maximum atomic E-state index is 10.5. The van der Waals surface area contributed by atoms with E-state index in [4.69, 9.17) is 0 Å². The summed E-state index contributed by atoms with van der Waals surface area (Å²) in [6.45, 7) is 0. The predicted molar refractivity (Wildman–Crippen MR) is 224 cm³/mol. The standard InChI is InChI=1S/C50H29N5/c51-30-33-11-9-16-42-40-14-3-6-19-45(40)54(49(33)42)36-27-28-37(34(29-36)31-52)32-23-25-35(26-24-32)53-44-18-5-4-15-41(44)43-17-10-22-48(50(43)53)55-46-20-7-1-12-38(46)39-13-2-8-21-47(39)55/h1-29H. The van der Waals surface area contributed by atoms with Gasteiger partial charge >= 0.3 is 0 Å². The Labute approximate surface area is 316 Å². The van der Waals surface area contributed by atoms with Gasteiger partial charge in [-0.25, -0.2) is 0 Å². The maximum absolute atomic E-state index is 10.5. The van der Waals surface area contributed by atoms with Crippen LogP contribution in [0.4, 0.5) is 0 Å².